The number of carbonyl (C=O) groups excluding carboxylic acids is 1. The lowest BCUT2D eigenvalue weighted by Crippen LogP contribution is -2.43. The summed E-state index contributed by atoms with van der Waals surface area (Å²) in [6, 6.07) is 28.3. The standard InChI is InChI=1S/C31H37NO2S/c1-25-17-19-29(20-18-25)35(34)24-31(33)30(21-26-11-5-2-6-12-26)32(22-27-13-7-3-8-14-27)23-28-15-9-4-10-16-28/h3-4,7-10,13-20,26,30H,2,5-6,11-12,21-24H2,1H3/t30-,35?/m0/s1. The Balaban J connectivity index is 1.59. The molecule has 4 rings (SSSR count). The Morgan fingerprint density at radius 1 is 0.829 bits per heavy atom. The van der Waals surface area contributed by atoms with Crippen molar-refractivity contribution in [1.82, 2.24) is 4.90 Å². The summed E-state index contributed by atoms with van der Waals surface area (Å²) in [6.45, 7) is 3.43. The molecule has 1 aliphatic carbocycles. The van der Waals surface area contributed by atoms with E-state index >= 15 is 0 Å². The van der Waals surface area contributed by atoms with E-state index in [1.165, 1.54) is 43.2 Å². The molecule has 0 spiro atoms. The van der Waals surface area contributed by atoms with Gasteiger partial charge in [-0.3, -0.25) is 13.9 Å². The molecule has 1 unspecified atom stereocenters. The quantitative estimate of drug-likeness (QED) is 0.301. The molecule has 3 aromatic rings. The molecule has 0 saturated heterocycles. The van der Waals surface area contributed by atoms with Crippen molar-refractivity contribution >= 4 is 16.6 Å². The van der Waals surface area contributed by atoms with Crippen LogP contribution in [-0.2, 0) is 28.7 Å². The average Bonchev–Trinajstić information content (AvgIpc) is 2.89. The van der Waals surface area contributed by atoms with Gasteiger partial charge in [0.2, 0.25) is 0 Å². The maximum atomic E-state index is 13.9. The second-order valence-corrected chi connectivity index (χ2v) is 11.4. The van der Waals surface area contributed by atoms with E-state index in [0.717, 1.165) is 16.9 Å². The summed E-state index contributed by atoms with van der Waals surface area (Å²) in [7, 11) is -1.33. The highest BCUT2D eigenvalue weighted by Crippen LogP contribution is 2.30. The predicted octanol–water partition coefficient (Wildman–Crippen LogP) is 6.71. The van der Waals surface area contributed by atoms with E-state index in [4.69, 9.17) is 0 Å². The van der Waals surface area contributed by atoms with E-state index in [1.807, 2.05) is 43.3 Å². The minimum atomic E-state index is -1.33. The zero-order chi connectivity index (χ0) is 24.5. The largest absolute Gasteiger partial charge is 0.297 e. The molecule has 0 bridgehead atoms. The number of hydrogen-bond donors (Lipinski definition) is 0. The molecule has 2 atom stereocenters. The first-order chi connectivity index (χ1) is 17.1. The number of hydrogen-bond acceptors (Lipinski definition) is 3. The van der Waals surface area contributed by atoms with Crippen LogP contribution in [0.25, 0.3) is 0 Å². The molecule has 0 amide bonds. The first kappa shape index (κ1) is 25.5. The Labute approximate surface area is 213 Å². The SMILES string of the molecule is Cc1ccc(S(=O)CC(=O)[C@H](CC2CCCCC2)N(Cc2ccccc2)Cc2ccccc2)cc1. The molecule has 0 radical (unpaired) electrons. The molecule has 1 saturated carbocycles. The fourth-order valence-electron chi connectivity index (χ4n) is 5.13. The zero-order valence-electron chi connectivity index (χ0n) is 20.8. The van der Waals surface area contributed by atoms with Crippen LogP contribution >= 0.6 is 0 Å². The van der Waals surface area contributed by atoms with E-state index < -0.39 is 10.8 Å². The molecular formula is C31H37NO2S. The molecule has 1 aliphatic rings. The van der Waals surface area contributed by atoms with Crippen molar-refractivity contribution in [3.63, 3.8) is 0 Å². The van der Waals surface area contributed by atoms with Crippen molar-refractivity contribution in [2.45, 2.75) is 69.5 Å². The van der Waals surface area contributed by atoms with Gasteiger partial charge in [-0.15, -0.1) is 0 Å². The fourth-order valence-corrected chi connectivity index (χ4v) is 6.19. The van der Waals surface area contributed by atoms with E-state index in [0.29, 0.717) is 19.0 Å². The molecular weight excluding hydrogens is 450 g/mol. The van der Waals surface area contributed by atoms with Gasteiger partial charge in [0.05, 0.1) is 22.6 Å². The van der Waals surface area contributed by atoms with Crippen LogP contribution in [0, 0.1) is 12.8 Å². The van der Waals surface area contributed by atoms with Crippen molar-refractivity contribution in [3.05, 3.63) is 102 Å². The van der Waals surface area contributed by atoms with E-state index in [1.54, 1.807) is 0 Å². The topological polar surface area (TPSA) is 37.4 Å². The molecule has 0 heterocycles. The van der Waals surface area contributed by atoms with Crippen LogP contribution in [0.1, 0.15) is 55.2 Å². The van der Waals surface area contributed by atoms with Gasteiger partial charge in [-0.2, -0.15) is 0 Å². The van der Waals surface area contributed by atoms with Crippen LogP contribution < -0.4 is 0 Å². The van der Waals surface area contributed by atoms with Gasteiger partial charge in [-0.05, 0) is 42.5 Å². The van der Waals surface area contributed by atoms with Crippen LogP contribution in [0.5, 0.6) is 0 Å². The maximum absolute atomic E-state index is 13.9. The summed E-state index contributed by atoms with van der Waals surface area (Å²) < 4.78 is 13.2. The molecule has 1 fully saturated rings. The number of aryl methyl sites for hydroxylation is 1. The molecule has 35 heavy (non-hydrogen) atoms. The van der Waals surface area contributed by atoms with Crippen molar-refractivity contribution in [2.75, 3.05) is 5.75 Å². The maximum Gasteiger partial charge on any atom is 0.162 e. The Hall–Kier alpha value is -2.56. The molecule has 3 aromatic carbocycles. The number of nitrogens with zero attached hydrogens (tertiary/aromatic N) is 1. The third kappa shape index (κ3) is 7.71. The van der Waals surface area contributed by atoms with Crippen LogP contribution in [0.15, 0.2) is 89.8 Å². The Morgan fingerprint density at radius 3 is 1.91 bits per heavy atom. The second-order valence-electron chi connectivity index (χ2n) is 9.90. The predicted molar refractivity (Wildman–Crippen MR) is 145 cm³/mol. The number of rotatable bonds is 11. The minimum Gasteiger partial charge on any atom is -0.297 e. The van der Waals surface area contributed by atoms with Gasteiger partial charge in [0.1, 0.15) is 0 Å². The molecule has 184 valence electrons. The monoisotopic (exact) mass is 487 g/mol. The number of ketones is 1. The third-order valence-electron chi connectivity index (χ3n) is 7.11. The van der Waals surface area contributed by atoms with Crippen molar-refractivity contribution in [3.8, 4) is 0 Å². The first-order valence-corrected chi connectivity index (χ1v) is 14.2. The highest BCUT2D eigenvalue weighted by Gasteiger charge is 2.31. The second kappa shape index (κ2) is 12.9. The fraction of sp³-hybridized carbons (Fsp3) is 0.387. The minimum absolute atomic E-state index is 0.0700. The van der Waals surface area contributed by atoms with E-state index in [9.17, 15) is 9.00 Å². The summed E-state index contributed by atoms with van der Waals surface area (Å²) in [5.74, 6) is 0.724. The molecule has 3 nitrogen and oxygen atoms in total. The lowest BCUT2D eigenvalue weighted by molar-refractivity contribution is -0.123. The summed E-state index contributed by atoms with van der Waals surface area (Å²) >= 11 is 0. The normalized spacial score (nSPS) is 16.2. The van der Waals surface area contributed by atoms with Gasteiger partial charge in [-0.25, -0.2) is 0 Å². The lowest BCUT2D eigenvalue weighted by Gasteiger charge is -2.34. The Kier molecular flexibility index (Phi) is 9.44. The van der Waals surface area contributed by atoms with Gasteiger partial charge in [0, 0.05) is 18.0 Å². The van der Waals surface area contributed by atoms with E-state index in [-0.39, 0.29) is 17.6 Å². The summed E-state index contributed by atoms with van der Waals surface area (Å²) in [4.78, 5) is 16.9. The summed E-state index contributed by atoms with van der Waals surface area (Å²) in [5.41, 5.74) is 3.53. The smallest absolute Gasteiger partial charge is 0.162 e. The number of carbonyl (C=O) groups is 1. The van der Waals surface area contributed by atoms with Gasteiger partial charge in [-0.1, -0.05) is 110 Å². The lowest BCUT2D eigenvalue weighted by atomic mass is 9.83. The van der Waals surface area contributed by atoms with E-state index in [2.05, 4.69) is 53.4 Å². The third-order valence-corrected chi connectivity index (χ3v) is 8.45. The molecule has 4 heteroatoms. The molecule has 0 aliphatic heterocycles. The number of Topliss-reactive ketones (excluding diaryl/α,β-unsaturated/α-hetero) is 1. The highest BCUT2D eigenvalue weighted by atomic mass is 32.2. The van der Waals surface area contributed by atoms with Gasteiger partial charge >= 0.3 is 0 Å². The Bertz CT molecular complexity index is 1030. The van der Waals surface area contributed by atoms with Gasteiger partial charge in [0.15, 0.2) is 5.78 Å². The summed E-state index contributed by atoms with van der Waals surface area (Å²) in [5, 5.41) is 0. The van der Waals surface area contributed by atoms with Gasteiger partial charge < -0.3 is 0 Å². The Morgan fingerprint density at radius 2 is 1.37 bits per heavy atom. The van der Waals surface area contributed by atoms with Crippen molar-refractivity contribution < 1.29 is 9.00 Å². The van der Waals surface area contributed by atoms with Gasteiger partial charge in [0.25, 0.3) is 0 Å². The van der Waals surface area contributed by atoms with Crippen LogP contribution in [0.4, 0.5) is 0 Å². The average molecular weight is 488 g/mol. The summed E-state index contributed by atoms with van der Waals surface area (Å²) in [6.07, 6.45) is 7.02. The number of benzene rings is 3. The molecule has 0 N–H and O–H groups in total. The zero-order valence-corrected chi connectivity index (χ0v) is 21.6. The molecule has 0 aromatic heterocycles. The van der Waals surface area contributed by atoms with Crippen LogP contribution in [-0.4, -0.2) is 26.7 Å². The van der Waals surface area contributed by atoms with Crippen molar-refractivity contribution in [2.24, 2.45) is 5.92 Å². The van der Waals surface area contributed by atoms with Crippen LogP contribution in [0.2, 0.25) is 0 Å². The first-order valence-electron chi connectivity index (χ1n) is 12.9. The van der Waals surface area contributed by atoms with Crippen molar-refractivity contribution in [1.29, 1.82) is 0 Å². The highest BCUT2D eigenvalue weighted by molar-refractivity contribution is 7.85. The van der Waals surface area contributed by atoms with Crippen LogP contribution in [0.3, 0.4) is 0 Å².